The molecule has 0 fully saturated rings. The summed E-state index contributed by atoms with van der Waals surface area (Å²) in [5.74, 6) is -0.446. The van der Waals surface area contributed by atoms with Crippen LogP contribution in [0.4, 0.5) is 0 Å². The van der Waals surface area contributed by atoms with Crippen molar-refractivity contribution in [1.29, 1.82) is 0 Å². The van der Waals surface area contributed by atoms with E-state index in [9.17, 15) is 4.79 Å². The van der Waals surface area contributed by atoms with Crippen LogP contribution in [0, 0.1) is 0 Å². The Morgan fingerprint density at radius 3 is 3.00 bits per heavy atom. The van der Waals surface area contributed by atoms with Crippen molar-refractivity contribution in [1.82, 2.24) is 0 Å². The molecule has 1 aliphatic rings. The Kier molecular flexibility index (Phi) is 2.30. The van der Waals surface area contributed by atoms with Gasteiger partial charge in [0.15, 0.2) is 5.85 Å². The number of esters is 1. The van der Waals surface area contributed by atoms with Crippen LogP contribution in [0.15, 0.2) is 24.3 Å². The van der Waals surface area contributed by atoms with Crippen molar-refractivity contribution in [3.63, 3.8) is 0 Å². The second kappa shape index (κ2) is 3.44. The molecular formula is C9H9O3P. The largest absolute Gasteiger partial charge is 0.447 e. The first kappa shape index (κ1) is 8.67. The van der Waals surface area contributed by atoms with Gasteiger partial charge in [-0.15, -0.1) is 0 Å². The van der Waals surface area contributed by atoms with Gasteiger partial charge < -0.3 is 9.26 Å². The molecule has 3 nitrogen and oxygen atoms in total. The van der Waals surface area contributed by atoms with E-state index in [1.165, 1.54) is 0 Å². The summed E-state index contributed by atoms with van der Waals surface area (Å²) in [5.41, 5.74) is 1.60. The fraction of sp³-hybridized carbons (Fsp3) is 0.222. The molecule has 0 amide bonds. The highest BCUT2D eigenvalue weighted by Crippen LogP contribution is 2.42. The molecule has 1 aromatic carbocycles. The molecular weight excluding hydrogens is 187 g/mol. The summed E-state index contributed by atoms with van der Waals surface area (Å²) in [4.78, 5) is 11.3. The fourth-order valence-electron chi connectivity index (χ4n) is 1.34. The minimum absolute atomic E-state index is 0.178. The third-order valence-corrected chi connectivity index (χ3v) is 2.79. The summed E-state index contributed by atoms with van der Waals surface area (Å²) in [6.45, 7) is 0. The van der Waals surface area contributed by atoms with E-state index in [1.54, 1.807) is 13.2 Å². The molecule has 0 bridgehead atoms. The smallest absolute Gasteiger partial charge is 0.339 e. The van der Waals surface area contributed by atoms with Crippen LogP contribution in [-0.2, 0) is 9.26 Å². The maximum Gasteiger partial charge on any atom is 0.339 e. The SMILES string of the molecule is COPC1OC(=O)c2ccccc21. The second-order valence-corrected chi connectivity index (χ2v) is 3.86. The van der Waals surface area contributed by atoms with E-state index in [-0.39, 0.29) is 20.6 Å². The lowest BCUT2D eigenvalue weighted by Crippen LogP contribution is -1.93. The molecule has 13 heavy (non-hydrogen) atoms. The van der Waals surface area contributed by atoms with Gasteiger partial charge in [0.25, 0.3) is 0 Å². The molecule has 0 aliphatic carbocycles. The van der Waals surface area contributed by atoms with Crippen molar-refractivity contribution in [2.24, 2.45) is 0 Å². The lowest BCUT2D eigenvalue weighted by atomic mass is 10.1. The number of benzene rings is 1. The highest BCUT2D eigenvalue weighted by molar-refractivity contribution is 7.32. The zero-order valence-electron chi connectivity index (χ0n) is 7.11. The molecule has 0 spiro atoms. The van der Waals surface area contributed by atoms with Crippen LogP contribution in [0.5, 0.6) is 0 Å². The predicted molar refractivity (Wildman–Crippen MR) is 49.9 cm³/mol. The molecule has 1 heterocycles. The van der Waals surface area contributed by atoms with Crippen molar-refractivity contribution >= 4 is 14.8 Å². The summed E-state index contributed by atoms with van der Waals surface area (Å²) in [6, 6.07) is 7.40. The Hall–Kier alpha value is -0.920. The van der Waals surface area contributed by atoms with Gasteiger partial charge in [0, 0.05) is 12.7 Å². The van der Waals surface area contributed by atoms with Gasteiger partial charge in [-0.2, -0.15) is 0 Å². The normalized spacial score (nSPS) is 20.7. The van der Waals surface area contributed by atoms with Gasteiger partial charge in [-0.3, -0.25) is 0 Å². The molecule has 2 unspecified atom stereocenters. The molecule has 2 atom stereocenters. The van der Waals surface area contributed by atoms with E-state index in [0.29, 0.717) is 5.56 Å². The molecule has 1 aromatic rings. The van der Waals surface area contributed by atoms with Crippen molar-refractivity contribution in [3.05, 3.63) is 35.4 Å². The van der Waals surface area contributed by atoms with E-state index in [4.69, 9.17) is 9.26 Å². The number of ether oxygens (including phenoxy) is 1. The number of hydrogen-bond acceptors (Lipinski definition) is 3. The molecule has 1 aliphatic heterocycles. The van der Waals surface area contributed by atoms with Crippen molar-refractivity contribution < 1.29 is 14.1 Å². The summed E-state index contributed by atoms with van der Waals surface area (Å²) < 4.78 is 10.1. The van der Waals surface area contributed by atoms with E-state index < -0.39 is 0 Å². The van der Waals surface area contributed by atoms with Gasteiger partial charge in [0.05, 0.1) is 14.4 Å². The standard InChI is InChI=1S/C9H9O3P/c1-11-13-9-7-5-3-2-4-6(7)8(10)12-9/h2-5,9,13H,1H3. The highest BCUT2D eigenvalue weighted by Gasteiger charge is 2.30. The van der Waals surface area contributed by atoms with Crippen molar-refractivity contribution in [3.8, 4) is 0 Å². The van der Waals surface area contributed by atoms with Gasteiger partial charge in [0.2, 0.25) is 0 Å². The molecule has 0 aromatic heterocycles. The minimum Gasteiger partial charge on any atom is -0.447 e. The van der Waals surface area contributed by atoms with Gasteiger partial charge in [-0.05, 0) is 6.07 Å². The van der Waals surface area contributed by atoms with E-state index >= 15 is 0 Å². The van der Waals surface area contributed by atoms with Gasteiger partial charge in [0.1, 0.15) is 0 Å². The van der Waals surface area contributed by atoms with Crippen LogP contribution in [0.2, 0.25) is 0 Å². The van der Waals surface area contributed by atoms with E-state index in [1.807, 2.05) is 18.2 Å². The monoisotopic (exact) mass is 196 g/mol. The fourth-order valence-corrected chi connectivity index (χ4v) is 2.09. The zero-order valence-corrected chi connectivity index (χ0v) is 8.11. The topological polar surface area (TPSA) is 35.5 Å². The summed E-state index contributed by atoms with van der Waals surface area (Å²) in [6.07, 6.45) is 0. The number of hydrogen-bond donors (Lipinski definition) is 0. The van der Waals surface area contributed by atoms with Gasteiger partial charge in [-0.25, -0.2) is 4.79 Å². The second-order valence-electron chi connectivity index (χ2n) is 2.69. The number of carbonyl (C=O) groups is 1. The molecule has 68 valence electrons. The maximum atomic E-state index is 11.3. The lowest BCUT2D eigenvalue weighted by Gasteiger charge is -2.07. The van der Waals surface area contributed by atoms with Crippen LogP contribution < -0.4 is 0 Å². The molecule has 0 N–H and O–H groups in total. The third-order valence-electron chi connectivity index (χ3n) is 1.91. The molecule has 2 rings (SSSR count). The molecule has 0 radical (unpaired) electrons. The van der Waals surface area contributed by atoms with Crippen LogP contribution in [0.1, 0.15) is 21.8 Å². The van der Waals surface area contributed by atoms with Crippen molar-refractivity contribution in [2.75, 3.05) is 7.11 Å². The van der Waals surface area contributed by atoms with Gasteiger partial charge >= 0.3 is 5.97 Å². The number of cyclic esters (lactones) is 1. The predicted octanol–water partition coefficient (Wildman–Crippen LogP) is 2.10. The summed E-state index contributed by atoms with van der Waals surface area (Å²) in [7, 11) is 1.78. The Bertz CT molecular complexity index is 337. The molecule has 0 saturated carbocycles. The molecule has 0 saturated heterocycles. The average Bonchev–Trinajstić information content (AvgIpc) is 2.46. The van der Waals surface area contributed by atoms with E-state index in [0.717, 1.165) is 5.56 Å². The minimum atomic E-state index is -0.245. The maximum absolute atomic E-state index is 11.3. The summed E-state index contributed by atoms with van der Waals surface area (Å²) >= 11 is 0. The number of carbonyl (C=O) groups excluding carboxylic acids is 1. The average molecular weight is 196 g/mol. The first-order valence-corrected chi connectivity index (χ1v) is 4.90. The molecule has 4 heteroatoms. The Morgan fingerprint density at radius 1 is 1.46 bits per heavy atom. The van der Waals surface area contributed by atoms with Crippen molar-refractivity contribution in [2.45, 2.75) is 5.85 Å². The van der Waals surface area contributed by atoms with E-state index in [2.05, 4.69) is 0 Å². The van der Waals surface area contributed by atoms with Crippen LogP contribution in [0.25, 0.3) is 0 Å². The zero-order chi connectivity index (χ0) is 9.26. The number of fused-ring (bicyclic) bond motifs is 1. The number of rotatable bonds is 2. The first-order chi connectivity index (χ1) is 6.33. The Morgan fingerprint density at radius 2 is 2.23 bits per heavy atom. The van der Waals surface area contributed by atoms with Crippen LogP contribution in [-0.4, -0.2) is 13.1 Å². The third kappa shape index (κ3) is 1.45. The summed E-state index contributed by atoms with van der Waals surface area (Å²) in [5, 5.41) is 0. The van der Waals surface area contributed by atoms with Gasteiger partial charge in [-0.1, -0.05) is 18.2 Å². The van der Waals surface area contributed by atoms with Crippen LogP contribution in [0.3, 0.4) is 0 Å². The van der Waals surface area contributed by atoms with Crippen LogP contribution >= 0.6 is 8.81 Å². The first-order valence-electron chi connectivity index (χ1n) is 3.91. The lowest BCUT2D eigenvalue weighted by molar-refractivity contribution is 0.0508. The Labute approximate surface area is 77.9 Å². The highest BCUT2D eigenvalue weighted by atomic mass is 31.1. The quantitative estimate of drug-likeness (QED) is 0.536. The Balaban J connectivity index is 2.36.